The summed E-state index contributed by atoms with van der Waals surface area (Å²) >= 11 is 5.84. The van der Waals surface area contributed by atoms with Crippen LogP contribution in [0.25, 0.3) is 0 Å². The second-order valence-corrected chi connectivity index (χ2v) is 7.41. The monoisotopic (exact) mass is 421 g/mol. The van der Waals surface area contributed by atoms with Crippen molar-refractivity contribution in [3.05, 3.63) is 41.4 Å². The van der Waals surface area contributed by atoms with Crippen molar-refractivity contribution in [1.29, 1.82) is 0 Å². The largest absolute Gasteiger partial charge is 0.469 e. The number of aromatic nitrogens is 2. The van der Waals surface area contributed by atoms with Crippen molar-refractivity contribution < 1.29 is 13.9 Å². The van der Waals surface area contributed by atoms with Gasteiger partial charge in [-0.1, -0.05) is 11.6 Å². The zero-order chi connectivity index (χ0) is 20.6. The Morgan fingerprint density at radius 1 is 1.38 bits per heavy atom. The molecule has 1 unspecified atom stereocenters. The SMILES string of the molecule is COC(=O)CCNCC1CCCN(c2cc(Nc3ccc(F)c(Cl)c3)ncn2)C1. The van der Waals surface area contributed by atoms with Crippen molar-refractivity contribution in [2.24, 2.45) is 5.92 Å². The van der Waals surface area contributed by atoms with Crippen molar-refractivity contribution in [1.82, 2.24) is 15.3 Å². The Bertz CT molecular complexity index is 838. The fourth-order valence-corrected chi connectivity index (χ4v) is 3.53. The van der Waals surface area contributed by atoms with Gasteiger partial charge in [-0.3, -0.25) is 4.79 Å². The number of anilines is 3. The van der Waals surface area contributed by atoms with Crippen molar-refractivity contribution in [3.63, 3.8) is 0 Å². The minimum atomic E-state index is -0.458. The molecule has 1 fully saturated rings. The molecule has 2 heterocycles. The maximum atomic E-state index is 13.3. The molecule has 7 nitrogen and oxygen atoms in total. The Balaban J connectivity index is 1.56. The van der Waals surface area contributed by atoms with Crippen molar-refractivity contribution in [2.45, 2.75) is 19.3 Å². The maximum absolute atomic E-state index is 13.3. The highest BCUT2D eigenvalue weighted by molar-refractivity contribution is 6.31. The molecule has 1 aromatic heterocycles. The lowest BCUT2D eigenvalue weighted by Crippen LogP contribution is -2.40. The zero-order valence-corrected chi connectivity index (χ0v) is 17.1. The molecule has 0 aliphatic carbocycles. The van der Waals surface area contributed by atoms with E-state index in [0.29, 0.717) is 30.4 Å². The van der Waals surface area contributed by atoms with Crippen LogP contribution in [0.2, 0.25) is 5.02 Å². The van der Waals surface area contributed by atoms with E-state index >= 15 is 0 Å². The number of piperidine rings is 1. The number of ether oxygens (including phenoxy) is 1. The Hall–Kier alpha value is -2.45. The molecule has 29 heavy (non-hydrogen) atoms. The van der Waals surface area contributed by atoms with Gasteiger partial charge in [0.1, 0.15) is 23.8 Å². The van der Waals surface area contributed by atoms with E-state index in [9.17, 15) is 9.18 Å². The highest BCUT2D eigenvalue weighted by Gasteiger charge is 2.21. The summed E-state index contributed by atoms with van der Waals surface area (Å²) in [4.78, 5) is 22.1. The zero-order valence-electron chi connectivity index (χ0n) is 16.3. The van der Waals surface area contributed by atoms with E-state index in [0.717, 1.165) is 38.3 Å². The van der Waals surface area contributed by atoms with Crippen molar-refractivity contribution >= 4 is 34.9 Å². The quantitative estimate of drug-likeness (QED) is 0.499. The minimum absolute atomic E-state index is 0.0582. The molecule has 2 N–H and O–H groups in total. The van der Waals surface area contributed by atoms with Gasteiger partial charge in [-0.05, 0) is 43.5 Å². The summed E-state index contributed by atoms with van der Waals surface area (Å²) < 4.78 is 18.0. The number of rotatable bonds is 8. The molecule has 9 heteroatoms. The molecule has 0 saturated carbocycles. The van der Waals surface area contributed by atoms with Gasteiger partial charge >= 0.3 is 5.97 Å². The van der Waals surface area contributed by atoms with Crippen LogP contribution >= 0.6 is 11.6 Å². The molecule has 0 bridgehead atoms. The maximum Gasteiger partial charge on any atom is 0.306 e. The lowest BCUT2D eigenvalue weighted by Gasteiger charge is -2.33. The first kappa shape index (κ1) is 21.3. The topological polar surface area (TPSA) is 79.4 Å². The third-order valence-corrected chi connectivity index (χ3v) is 5.14. The highest BCUT2D eigenvalue weighted by atomic mass is 35.5. The lowest BCUT2D eigenvalue weighted by atomic mass is 9.98. The van der Waals surface area contributed by atoms with E-state index in [1.165, 1.54) is 25.6 Å². The van der Waals surface area contributed by atoms with Gasteiger partial charge in [0.2, 0.25) is 0 Å². The molecule has 0 spiro atoms. The Labute approximate surface area is 174 Å². The van der Waals surface area contributed by atoms with Crippen molar-refractivity contribution in [3.8, 4) is 0 Å². The number of hydrogen-bond acceptors (Lipinski definition) is 7. The number of carbonyl (C=O) groups is 1. The number of hydrogen-bond donors (Lipinski definition) is 2. The summed E-state index contributed by atoms with van der Waals surface area (Å²) in [6.45, 7) is 3.27. The molecule has 2 aromatic rings. The first-order chi connectivity index (χ1) is 14.0. The van der Waals surface area contributed by atoms with Crippen LogP contribution < -0.4 is 15.5 Å². The first-order valence-corrected chi connectivity index (χ1v) is 9.99. The third kappa shape index (κ3) is 6.27. The Morgan fingerprint density at radius 3 is 3.03 bits per heavy atom. The van der Waals surface area contributed by atoms with Gasteiger partial charge in [-0.2, -0.15) is 0 Å². The normalized spacial score (nSPS) is 16.5. The second-order valence-electron chi connectivity index (χ2n) is 7.00. The van der Waals surface area contributed by atoms with E-state index in [2.05, 4.69) is 30.2 Å². The minimum Gasteiger partial charge on any atom is -0.469 e. The Morgan fingerprint density at radius 2 is 2.24 bits per heavy atom. The number of halogens is 2. The summed E-state index contributed by atoms with van der Waals surface area (Å²) in [7, 11) is 1.40. The van der Waals surface area contributed by atoms with Crippen LogP contribution in [0.4, 0.5) is 21.7 Å². The molecule has 1 saturated heterocycles. The molecule has 3 rings (SSSR count). The number of nitrogens with zero attached hydrogens (tertiary/aromatic N) is 3. The van der Waals surface area contributed by atoms with Gasteiger partial charge in [0, 0.05) is 31.4 Å². The summed E-state index contributed by atoms with van der Waals surface area (Å²) in [6, 6.07) is 6.33. The van der Waals surface area contributed by atoms with Crippen LogP contribution in [0.5, 0.6) is 0 Å². The number of esters is 1. The van der Waals surface area contributed by atoms with E-state index in [1.54, 1.807) is 6.07 Å². The van der Waals surface area contributed by atoms with Crippen LogP contribution in [0.15, 0.2) is 30.6 Å². The van der Waals surface area contributed by atoms with Gasteiger partial charge < -0.3 is 20.3 Å². The summed E-state index contributed by atoms with van der Waals surface area (Å²) in [6.07, 6.45) is 4.10. The average molecular weight is 422 g/mol. The van der Waals surface area contributed by atoms with Crippen molar-refractivity contribution in [2.75, 3.05) is 43.5 Å². The molecule has 1 aliphatic rings. The summed E-state index contributed by atoms with van der Waals surface area (Å²) in [5, 5.41) is 6.52. The molecular formula is C20H25ClFN5O2. The van der Waals surface area contributed by atoms with E-state index < -0.39 is 5.82 Å². The number of methoxy groups -OCH3 is 1. The number of nitrogens with one attached hydrogen (secondary N) is 2. The summed E-state index contributed by atoms with van der Waals surface area (Å²) in [5.74, 6) is 1.28. The molecular weight excluding hydrogens is 397 g/mol. The smallest absolute Gasteiger partial charge is 0.306 e. The van der Waals surface area contributed by atoms with E-state index in [4.69, 9.17) is 11.6 Å². The predicted molar refractivity (Wildman–Crippen MR) is 111 cm³/mol. The fourth-order valence-electron chi connectivity index (χ4n) is 3.35. The Kier molecular flexibility index (Phi) is 7.60. The number of carbonyl (C=O) groups excluding carboxylic acids is 1. The van der Waals surface area contributed by atoms with Crippen LogP contribution in [0.1, 0.15) is 19.3 Å². The number of benzene rings is 1. The van der Waals surface area contributed by atoms with E-state index in [-0.39, 0.29) is 11.0 Å². The predicted octanol–water partition coefficient (Wildman–Crippen LogP) is 3.38. The van der Waals surface area contributed by atoms with E-state index in [1.807, 2.05) is 6.07 Å². The fraction of sp³-hybridized carbons (Fsp3) is 0.450. The molecule has 1 atom stereocenters. The first-order valence-electron chi connectivity index (χ1n) is 9.61. The van der Waals surface area contributed by atoms with Gasteiger partial charge in [0.25, 0.3) is 0 Å². The molecule has 1 aromatic carbocycles. The lowest BCUT2D eigenvalue weighted by molar-refractivity contribution is -0.140. The van der Waals surface area contributed by atoms with Crippen LogP contribution in [-0.4, -0.2) is 49.2 Å². The van der Waals surface area contributed by atoms with Gasteiger partial charge in [0.15, 0.2) is 0 Å². The van der Waals surface area contributed by atoms with Gasteiger partial charge in [-0.25, -0.2) is 14.4 Å². The molecule has 1 aliphatic heterocycles. The molecule has 0 amide bonds. The standard InChI is InChI=1S/C20H25ClFN5O2/c1-29-20(28)6-7-23-11-14-3-2-8-27(12-14)19-10-18(24-13-25-19)26-15-4-5-17(22)16(21)9-15/h4-5,9-10,13-14,23H,2-3,6-8,11-12H2,1H3,(H,24,25,26). The average Bonchev–Trinajstić information content (AvgIpc) is 2.74. The third-order valence-electron chi connectivity index (χ3n) is 4.85. The highest BCUT2D eigenvalue weighted by Crippen LogP contribution is 2.25. The summed E-state index contributed by atoms with van der Waals surface area (Å²) in [5.41, 5.74) is 0.660. The van der Waals surface area contributed by atoms with Crippen LogP contribution in [-0.2, 0) is 9.53 Å². The van der Waals surface area contributed by atoms with Crippen LogP contribution in [0.3, 0.4) is 0 Å². The van der Waals surface area contributed by atoms with Gasteiger partial charge in [0.05, 0.1) is 18.6 Å². The molecule has 0 radical (unpaired) electrons. The van der Waals surface area contributed by atoms with Crippen LogP contribution in [0, 0.1) is 11.7 Å². The second kappa shape index (κ2) is 10.4. The van der Waals surface area contributed by atoms with Gasteiger partial charge in [-0.15, -0.1) is 0 Å². The molecule has 156 valence electrons.